The SMILES string of the molecule is CCN(C(=O)Nc1ccc(C)cc1)c1cccc(O)c1. The molecule has 4 nitrogen and oxygen atoms in total. The normalized spacial score (nSPS) is 10.1. The number of nitrogens with zero attached hydrogens (tertiary/aromatic N) is 1. The molecule has 2 rings (SSSR count). The van der Waals surface area contributed by atoms with Gasteiger partial charge < -0.3 is 10.4 Å². The molecule has 2 amide bonds. The van der Waals surface area contributed by atoms with Gasteiger partial charge >= 0.3 is 6.03 Å². The van der Waals surface area contributed by atoms with Crippen LogP contribution >= 0.6 is 0 Å². The van der Waals surface area contributed by atoms with Crippen molar-refractivity contribution < 1.29 is 9.90 Å². The summed E-state index contributed by atoms with van der Waals surface area (Å²) in [5.74, 6) is 0.143. The Labute approximate surface area is 118 Å². The Morgan fingerprint density at radius 2 is 1.90 bits per heavy atom. The second-order valence-corrected chi connectivity index (χ2v) is 4.56. The maximum atomic E-state index is 12.3. The van der Waals surface area contributed by atoms with Crippen molar-refractivity contribution in [3.8, 4) is 5.75 Å². The van der Waals surface area contributed by atoms with Crippen molar-refractivity contribution in [1.29, 1.82) is 0 Å². The molecular formula is C16H18N2O2. The van der Waals surface area contributed by atoms with Crippen molar-refractivity contribution in [3.05, 3.63) is 54.1 Å². The van der Waals surface area contributed by atoms with Crippen LogP contribution in [0.3, 0.4) is 0 Å². The standard InChI is InChI=1S/C16H18N2O2/c1-3-18(14-5-4-6-15(19)11-14)16(20)17-13-9-7-12(2)8-10-13/h4-11,19H,3H2,1-2H3,(H,17,20). The summed E-state index contributed by atoms with van der Waals surface area (Å²) >= 11 is 0. The van der Waals surface area contributed by atoms with Gasteiger partial charge in [0.25, 0.3) is 0 Å². The highest BCUT2D eigenvalue weighted by molar-refractivity contribution is 6.01. The smallest absolute Gasteiger partial charge is 0.326 e. The van der Waals surface area contributed by atoms with Crippen molar-refractivity contribution in [1.82, 2.24) is 0 Å². The van der Waals surface area contributed by atoms with Crippen LogP contribution in [0.5, 0.6) is 5.75 Å². The highest BCUT2D eigenvalue weighted by Crippen LogP contribution is 2.21. The van der Waals surface area contributed by atoms with Gasteiger partial charge in [-0.1, -0.05) is 23.8 Å². The molecule has 0 atom stereocenters. The maximum absolute atomic E-state index is 12.3. The fraction of sp³-hybridized carbons (Fsp3) is 0.188. The first kappa shape index (κ1) is 13.9. The van der Waals surface area contributed by atoms with Gasteiger partial charge in [0.05, 0.1) is 0 Å². The second-order valence-electron chi connectivity index (χ2n) is 4.56. The van der Waals surface area contributed by atoms with Gasteiger partial charge in [0.15, 0.2) is 0 Å². The molecule has 0 unspecified atom stereocenters. The summed E-state index contributed by atoms with van der Waals surface area (Å²) in [6, 6.07) is 14.0. The molecule has 0 radical (unpaired) electrons. The van der Waals surface area contributed by atoms with Crippen LogP contribution in [-0.4, -0.2) is 17.7 Å². The molecule has 2 N–H and O–H groups in total. The second kappa shape index (κ2) is 6.10. The van der Waals surface area contributed by atoms with Crippen LogP contribution in [0, 0.1) is 6.92 Å². The van der Waals surface area contributed by atoms with Gasteiger partial charge in [-0.3, -0.25) is 4.90 Å². The molecule has 2 aromatic carbocycles. The molecule has 4 heteroatoms. The number of anilines is 2. The van der Waals surface area contributed by atoms with Crippen molar-refractivity contribution in [2.45, 2.75) is 13.8 Å². The summed E-state index contributed by atoms with van der Waals surface area (Å²) < 4.78 is 0. The fourth-order valence-electron chi connectivity index (χ4n) is 1.93. The predicted octanol–water partition coefficient (Wildman–Crippen LogP) is 3.76. The molecule has 0 aromatic heterocycles. The zero-order valence-electron chi connectivity index (χ0n) is 11.6. The van der Waals surface area contributed by atoms with Gasteiger partial charge in [0, 0.05) is 24.0 Å². The van der Waals surface area contributed by atoms with Gasteiger partial charge in [-0.05, 0) is 38.1 Å². The molecular weight excluding hydrogens is 252 g/mol. The predicted molar refractivity (Wildman–Crippen MR) is 81.3 cm³/mol. The van der Waals surface area contributed by atoms with Gasteiger partial charge in [-0.25, -0.2) is 4.79 Å². The van der Waals surface area contributed by atoms with Crippen molar-refractivity contribution >= 4 is 17.4 Å². The van der Waals surface area contributed by atoms with E-state index in [2.05, 4.69) is 5.32 Å². The minimum absolute atomic E-state index is 0.143. The fourth-order valence-corrected chi connectivity index (χ4v) is 1.93. The van der Waals surface area contributed by atoms with E-state index in [-0.39, 0.29) is 11.8 Å². The Hall–Kier alpha value is -2.49. The third-order valence-corrected chi connectivity index (χ3v) is 3.01. The van der Waals surface area contributed by atoms with E-state index >= 15 is 0 Å². The Kier molecular flexibility index (Phi) is 4.25. The highest BCUT2D eigenvalue weighted by Gasteiger charge is 2.14. The van der Waals surface area contributed by atoms with Crippen LogP contribution < -0.4 is 10.2 Å². The highest BCUT2D eigenvalue weighted by atomic mass is 16.3. The average Bonchev–Trinajstić information content (AvgIpc) is 2.42. The van der Waals surface area contributed by atoms with E-state index < -0.39 is 0 Å². The van der Waals surface area contributed by atoms with E-state index in [0.29, 0.717) is 12.2 Å². The largest absolute Gasteiger partial charge is 0.508 e. The van der Waals surface area contributed by atoms with Crippen LogP contribution in [0.15, 0.2) is 48.5 Å². The molecule has 0 saturated heterocycles. The molecule has 104 valence electrons. The zero-order valence-corrected chi connectivity index (χ0v) is 11.6. The summed E-state index contributed by atoms with van der Waals surface area (Å²) in [7, 11) is 0. The van der Waals surface area contributed by atoms with Crippen LogP contribution in [0.1, 0.15) is 12.5 Å². The molecule has 0 bridgehead atoms. The molecule has 0 heterocycles. The van der Waals surface area contributed by atoms with E-state index in [9.17, 15) is 9.90 Å². The van der Waals surface area contributed by atoms with Crippen LogP contribution in [0.25, 0.3) is 0 Å². The number of hydrogen-bond donors (Lipinski definition) is 2. The van der Waals surface area contributed by atoms with E-state index in [1.165, 1.54) is 0 Å². The first-order valence-electron chi connectivity index (χ1n) is 6.54. The van der Waals surface area contributed by atoms with Crippen molar-refractivity contribution in [2.75, 3.05) is 16.8 Å². The Morgan fingerprint density at radius 3 is 2.50 bits per heavy atom. The number of phenolic OH excluding ortho intramolecular Hbond substituents is 1. The first-order chi connectivity index (χ1) is 9.60. The number of urea groups is 1. The Balaban J connectivity index is 2.15. The lowest BCUT2D eigenvalue weighted by molar-refractivity contribution is 0.257. The number of phenols is 1. The number of benzene rings is 2. The third-order valence-electron chi connectivity index (χ3n) is 3.01. The number of aryl methyl sites for hydroxylation is 1. The Bertz CT molecular complexity index is 594. The molecule has 0 aliphatic carbocycles. The number of aromatic hydroxyl groups is 1. The lowest BCUT2D eigenvalue weighted by atomic mass is 10.2. The third kappa shape index (κ3) is 3.29. The van der Waals surface area contributed by atoms with E-state index in [1.54, 1.807) is 29.2 Å². The first-order valence-corrected chi connectivity index (χ1v) is 6.54. The van der Waals surface area contributed by atoms with Gasteiger partial charge in [-0.2, -0.15) is 0 Å². The average molecular weight is 270 g/mol. The molecule has 20 heavy (non-hydrogen) atoms. The number of amides is 2. The molecule has 0 aliphatic heterocycles. The molecule has 0 aliphatic rings. The molecule has 0 fully saturated rings. The Morgan fingerprint density at radius 1 is 1.20 bits per heavy atom. The summed E-state index contributed by atoms with van der Waals surface area (Å²) in [6.07, 6.45) is 0. The number of hydrogen-bond acceptors (Lipinski definition) is 2. The monoisotopic (exact) mass is 270 g/mol. The van der Waals surface area contributed by atoms with Gasteiger partial charge in [0.2, 0.25) is 0 Å². The quantitative estimate of drug-likeness (QED) is 0.892. The topological polar surface area (TPSA) is 52.6 Å². The van der Waals surface area contributed by atoms with Crippen LogP contribution in [0.4, 0.5) is 16.2 Å². The lowest BCUT2D eigenvalue weighted by Gasteiger charge is -2.21. The number of nitrogens with one attached hydrogen (secondary N) is 1. The van der Waals surface area contributed by atoms with Crippen molar-refractivity contribution in [2.24, 2.45) is 0 Å². The van der Waals surface area contributed by atoms with E-state index in [0.717, 1.165) is 11.3 Å². The molecule has 2 aromatic rings. The van der Waals surface area contributed by atoms with Crippen molar-refractivity contribution in [3.63, 3.8) is 0 Å². The number of carbonyl (C=O) groups is 1. The molecule has 0 saturated carbocycles. The molecule has 0 spiro atoms. The minimum Gasteiger partial charge on any atom is -0.508 e. The lowest BCUT2D eigenvalue weighted by Crippen LogP contribution is -2.34. The summed E-state index contributed by atoms with van der Waals surface area (Å²) in [5, 5.41) is 12.3. The van der Waals surface area contributed by atoms with Gasteiger partial charge in [-0.15, -0.1) is 0 Å². The van der Waals surface area contributed by atoms with E-state index in [4.69, 9.17) is 0 Å². The van der Waals surface area contributed by atoms with Crippen LogP contribution in [0.2, 0.25) is 0 Å². The summed E-state index contributed by atoms with van der Waals surface area (Å²) in [5.41, 5.74) is 2.56. The summed E-state index contributed by atoms with van der Waals surface area (Å²) in [4.78, 5) is 13.8. The van der Waals surface area contributed by atoms with Gasteiger partial charge in [0.1, 0.15) is 5.75 Å². The summed E-state index contributed by atoms with van der Waals surface area (Å²) in [6.45, 7) is 4.40. The van der Waals surface area contributed by atoms with Crippen LogP contribution in [-0.2, 0) is 0 Å². The maximum Gasteiger partial charge on any atom is 0.326 e. The minimum atomic E-state index is -0.220. The zero-order chi connectivity index (χ0) is 14.5. The number of rotatable bonds is 3. The van der Waals surface area contributed by atoms with E-state index in [1.807, 2.05) is 38.1 Å². The number of carbonyl (C=O) groups excluding carboxylic acids is 1.